The van der Waals surface area contributed by atoms with E-state index in [2.05, 4.69) is 5.48 Å². The van der Waals surface area contributed by atoms with Crippen molar-refractivity contribution >= 4 is 6.09 Å². The van der Waals surface area contributed by atoms with Crippen molar-refractivity contribution in [3.8, 4) is 0 Å². The lowest BCUT2D eigenvalue weighted by Gasteiger charge is -2.22. The van der Waals surface area contributed by atoms with Crippen molar-refractivity contribution in [1.82, 2.24) is 5.48 Å². The Hall–Kier alpha value is -1.59. The van der Waals surface area contributed by atoms with Crippen LogP contribution in [0.2, 0.25) is 0 Å². The monoisotopic (exact) mass is 267 g/mol. The fourth-order valence-electron chi connectivity index (χ4n) is 1.57. The van der Waals surface area contributed by atoms with Crippen LogP contribution in [0.3, 0.4) is 0 Å². The Balaban J connectivity index is 2.59. The molecule has 0 aromatic heterocycles. The SMILES string of the molecule is Cc1ccccc1C(CO)ONC(=O)OC(C)(C)C. The summed E-state index contributed by atoms with van der Waals surface area (Å²) in [5, 5.41) is 9.33. The van der Waals surface area contributed by atoms with Crippen molar-refractivity contribution in [1.29, 1.82) is 0 Å². The minimum absolute atomic E-state index is 0.235. The molecule has 0 bridgehead atoms. The summed E-state index contributed by atoms with van der Waals surface area (Å²) in [5.41, 5.74) is 3.40. The zero-order chi connectivity index (χ0) is 14.5. The maximum atomic E-state index is 11.5. The van der Waals surface area contributed by atoms with E-state index in [1.807, 2.05) is 31.2 Å². The summed E-state index contributed by atoms with van der Waals surface area (Å²) in [4.78, 5) is 16.6. The highest BCUT2D eigenvalue weighted by molar-refractivity contribution is 5.66. The summed E-state index contributed by atoms with van der Waals surface area (Å²) < 4.78 is 5.04. The number of aliphatic hydroxyl groups excluding tert-OH is 1. The van der Waals surface area contributed by atoms with E-state index in [0.29, 0.717) is 0 Å². The first-order valence-corrected chi connectivity index (χ1v) is 6.14. The summed E-state index contributed by atoms with van der Waals surface area (Å²) in [6, 6.07) is 7.50. The number of benzene rings is 1. The van der Waals surface area contributed by atoms with Crippen LogP contribution in [0.5, 0.6) is 0 Å². The van der Waals surface area contributed by atoms with Crippen LogP contribution in [0.4, 0.5) is 4.79 Å². The third-order valence-electron chi connectivity index (χ3n) is 2.38. The molecule has 0 aliphatic rings. The molecule has 5 heteroatoms. The van der Waals surface area contributed by atoms with E-state index in [1.165, 1.54) is 0 Å². The van der Waals surface area contributed by atoms with Crippen LogP contribution in [-0.2, 0) is 9.57 Å². The smallest absolute Gasteiger partial charge is 0.431 e. The van der Waals surface area contributed by atoms with E-state index in [-0.39, 0.29) is 6.61 Å². The van der Waals surface area contributed by atoms with Crippen molar-refractivity contribution in [2.24, 2.45) is 0 Å². The van der Waals surface area contributed by atoms with Crippen molar-refractivity contribution < 1.29 is 19.5 Å². The summed E-state index contributed by atoms with van der Waals surface area (Å²) >= 11 is 0. The van der Waals surface area contributed by atoms with E-state index in [0.717, 1.165) is 11.1 Å². The van der Waals surface area contributed by atoms with Gasteiger partial charge in [-0.05, 0) is 38.8 Å². The van der Waals surface area contributed by atoms with Gasteiger partial charge in [-0.25, -0.2) is 4.79 Å². The number of carbonyl (C=O) groups excluding carboxylic acids is 1. The second-order valence-corrected chi connectivity index (χ2v) is 5.25. The molecule has 0 spiro atoms. The predicted octanol–water partition coefficient (Wildman–Crippen LogP) is 2.48. The molecule has 0 saturated carbocycles. The molecule has 1 aromatic rings. The van der Waals surface area contributed by atoms with Crippen LogP contribution in [0.25, 0.3) is 0 Å². The molecule has 1 atom stereocenters. The molecule has 1 aromatic carbocycles. The second-order valence-electron chi connectivity index (χ2n) is 5.25. The van der Waals surface area contributed by atoms with Crippen molar-refractivity contribution in [3.63, 3.8) is 0 Å². The minimum Gasteiger partial charge on any atom is -0.442 e. The molecule has 0 heterocycles. The molecule has 0 aliphatic heterocycles. The predicted molar refractivity (Wildman–Crippen MR) is 71.5 cm³/mol. The van der Waals surface area contributed by atoms with E-state index < -0.39 is 17.8 Å². The first-order chi connectivity index (χ1) is 8.83. The first-order valence-electron chi connectivity index (χ1n) is 6.14. The van der Waals surface area contributed by atoms with Crippen LogP contribution >= 0.6 is 0 Å². The lowest BCUT2D eigenvalue weighted by molar-refractivity contribution is -0.0613. The number of carbonyl (C=O) groups is 1. The third-order valence-corrected chi connectivity index (χ3v) is 2.38. The van der Waals surface area contributed by atoms with Crippen LogP contribution < -0.4 is 5.48 Å². The lowest BCUT2D eigenvalue weighted by Crippen LogP contribution is -2.34. The van der Waals surface area contributed by atoms with Crippen LogP contribution in [0, 0.1) is 6.92 Å². The molecule has 19 heavy (non-hydrogen) atoms. The quantitative estimate of drug-likeness (QED) is 0.822. The molecule has 1 amide bonds. The fraction of sp³-hybridized carbons (Fsp3) is 0.500. The topological polar surface area (TPSA) is 67.8 Å². The number of aryl methyl sites for hydroxylation is 1. The van der Waals surface area contributed by atoms with Gasteiger partial charge < -0.3 is 9.84 Å². The average molecular weight is 267 g/mol. The van der Waals surface area contributed by atoms with E-state index >= 15 is 0 Å². The molecule has 0 saturated heterocycles. The van der Waals surface area contributed by atoms with Gasteiger partial charge in [-0.3, -0.25) is 4.84 Å². The Bertz CT molecular complexity index is 426. The van der Waals surface area contributed by atoms with Gasteiger partial charge in [-0.1, -0.05) is 24.3 Å². The maximum Gasteiger partial charge on any atom is 0.431 e. The first kappa shape index (κ1) is 15.5. The molecular weight excluding hydrogens is 246 g/mol. The fourth-order valence-corrected chi connectivity index (χ4v) is 1.57. The number of hydroxylamine groups is 1. The van der Waals surface area contributed by atoms with Gasteiger partial charge in [0, 0.05) is 0 Å². The Morgan fingerprint density at radius 2 is 2.00 bits per heavy atom. The van der Waals surface area contributed by atoms with Gasteiger partial charge >= 0.3 is 6.09 Å². The molecule has 1 unspecified atom stereocenters. The largest absolute Gasteiger partial charge is 0.442 e. The van der Waals surface area contributed by atoms with Gasteiger partial charge in [0.05, 0.1) is 6.61 Å². The number of aliphatic hydroxyl groups is 1. The molecule has 0 aliphatic carbocycles. The highest BCUT2D eigenvalue weighted by Gasteiger charge is 2.19. The highest BCUT2D eigenvalue weighted by atomic mass is 16.7. The number of hydrogen-bond acceptors (Lipinski definition) is 4. The van der Waals surface area contributed by atoms with Gasteiger partial charge in [0.15, 0.2) is 0 Å². The Morgan fingerprint density at radius 1 is 1.37 bits per heavy atom. The molecule has 1 rings (SSSR count). The number of nitrogens with one attached hydrogen (secondary N) is 1. The number of ether oxygens (including phenoxy) is 1. The molecule has 106 valence electrons. The molecule has 0 fully saturated rings. The Labute approximate surface area is 113 Å². The summed E-state index contributed by atoms with van der Waals surface area (Å²) in [7, 11) is 0. The van der Waals surface area contributed by atoms with Crippen LogP contribution in [0.15, 0.2) is 24.3 Å². The average Bonchev–Trinajstić information content (AvgIpc) is 2.29. The molecular formula is C14H21NO4. The van der Waals surface area contributed by atoms with E-state index in [4.69, 9.17) is 9.57 Å². The Kier molecular flexibility index (Phi) is 5.32. The van der Waals surface area contributed by atoms with E-state index in [1.54, 1.807) is 20.8 Å². The summed E-state index contributed by atoms with van der Waals surface area (Å²) in [5.74, 6) is 0. The highest BCUT2D eigenvalue weighted by Crippen LogP contribution is 2.19. The van der Waals surface area contributed by atoms with Gasteiger partial charge in [-0.15, -0.1) is 0 Å². The number of rotatable bonds is 4. The number of hydrogen-bond donors (Lipinski definition) is 2. The van der Waals surface area contributed by atoms with Crippen LogP contribution in [0.1, 0.15) is 38.0 Å². The molecule has 5 nitrogen and oxygen atoms in total. The van der Waals surface area contributed by atoms with Gasteiger partial charge in [0.2, 0.25) is 0 Å². The third kappa shape index (κ3) is 5.28. The lowest BCUT2D eigenvalue weighted by atomic mass is 10.0. The number of amides is 1. The standard InChI is InChI=1S/C14H21NO4/c1-10-7-5-6-8-11(10)12(9-16)19-15-13(17)18-14(2,3)4/h5-8,12,16H,9H2,1-4H3,(H,15,17). The zero-order valence-electron chi connectivity index (χ0n) is 11.8. The van der Waals surface area contributed by atoms with E-state index in [9.17, 15) is 9.90 Å². The molecule has 0 radical (unpaired) electrons. The van der Waals surface area contributed by atoms with Crippen LogP contribution in [-0.4, -0.2) is 23.4 Å². The normalized spacial score (nSPS) is 12.9. The summed E-state index contributed by atoms with van der Waals surface area (Å²) in [6.07, 6.45) is -1.30. The van der Waals surface area contributed by atoms with Gasteiger partial charge in [0.1, 0.15) is 11.7 Å². The van der Waals surface area contributed by atoms with Gasteiger partial charge in [-0.2, -0.15) is 5.48 Å². The van der Waals surface area contributed by atoms with Gasteiger partial charge in [0.25, 0.3) is 0 Å². The Morgan fingerprint density at radius 3 is 2.53 bits per heavy atom. The van der Waals surface area contributed by atoms with Crippen molar-refractivity contribution in [2.75, 3.05) is 6.61 Å². The second kappa shape index (κ2) is 6.54. The minimum atomic E-state index is -0.681. The zero-order valence-corrected chi connectivity index (χ0v) is 11.8. The van der Waals surface area contributed by atoms with Crippen molar-refractivity contribution in [3.05, 3.63) is 35.4 Å². The summed E-state index contributed by atoms with van der Waals surface area (Å²) in [6.45, 7) is 6.96. The van der Waals surface area contributed by atoms with Crippen molar-refractivity contribution in [2.45, 2.75) is 39.4 Å². The molecule has 2 N–H and O–H groups in total. The maximum absolute atomic E-state index is 11.5.